The normalized spacial score (nSPS) is 20.1. The van der Waals surface area contributed by atoms with Gasteiger partial charge in [0.15, 0.2) is 17.8 Å². The molecule has 5 N–H and O–H groups in total. The summed E-state index contributed by atoms with van der Waals surface area (Å²) in [4.78, 5) is 21.8. The predicted octanol–water partition coefficient (Wildman–Crippen LogP) is 1.69. The van der Waals surface area contributed by atoms with E-state index in [0.717, 1.165) is 5.56 Å². The minimum Gasteiger partial charge on any atom is -0.496 e. The molecular weight excluding hydrogens is 532 g/mol. The Balaban J connectivity index is 0.000000389. The predicted molar refractivity (Wildman–Crippen MR) is 139 cm³/mol. The van der Waals surface area contributed by atoms with E-state index in [4.69, 9.17) is 38.6 Å². The molecule has 1 unspecified atom stereocenters. The first-order chi connectivity index (χ1) is 19.1. The minimum absolute atomic E-state index is 0.0246. The Bertz CT molecular complexity index is 1090. The molecule has 13 nitrogen and oxygen atoms in total. The smallest absolute Gasteiger partial charge is 0.339 e. The van der Waals surface area contributed by atoms with Crippen LogP contribution in [0.5, 0.6) is 23.0 Å². The molecule has 0 aliphatic carbocycles. The standard InChI is InChI=1S/C20H22O8.C7H14O5/c1-25-16-11-18(17(26-2)10-15(16)20(23)24)28-12-13-5-3-6-14(9-13)27-8-4-7-19(21)22;1-11-6-2-4(9)7(10)5(3-8)12-6/h3,5-6,9-11H,4,7-8,12H2,1-2H3,(H,21,22)(H,23,24);4-10H,2-3H2,1H3/t;4?,5-,6+,7+/m.1/s1. The van der Waals surface area contributed by atoms with E-state index in [0.29, 0.717) is 24.5 Å². The molecule has 1 fully saturated rings. The zero-order valence-electron chi connectivity index (χ0n) is 22.5. The molecule has 1 aliphatic rings. The molecule has 3 rings (SSSR count). The number of carboxylic acid groups (broad SMARTS) is 2. The Kier molecular flexibility index (Phi) is 13.4. The number of ether oxygens (including phenoxy) is 6. The highest BCUT2D eigenvalue weighted by molar-refractivity contribution is 5.92. The average Bonchev–Trinajstić information content (AvgIpc) is 2.95. The lowest BCUT2D eigenvalue weighted by molar-refractivity contribution is -0.248. The molecule has 2 aromatic rings. The van der Waals surface area contributed by atoms with E-state index in [2.05, 4.69) is 0 Å². The Hall–Kier alpha value is -3.62. The quantitative estimate of drug-likeness (QED) is 0.220. The molecule has 0 spiro atoms. The van der Waals surface area contributed by atoms with Crippen LogP contribution >= 0.6 is 0 Å². The van der Waals surface area contributed by atoms with Crippen LogP contribution in [0, 0.1) is 0 Å². The largest absolute Gasteiger partial charge is 0.496 e. The summed E-state index contributed by atoms with van der Waals surface area (Å²) in [6, 6.07) is 10.0. The monoisotopic (exact) mass is 568 g/mol. The summed E-state index contributed by atoms with van der Waals surface area (Å²) in [6.45, 7) is 0.175. The topological polar surface area (TPSA) is 191 Å². The number of carbonyl (C=O) groups is 2. The van der Waals surface area contributed by atoms with Crippen molar-refractivity contribution in [2.45, 2.75) is 50.5 Å². The SMILES string of the molecule is CO[C@@H]1CC(O)[C@H](O)[C@@H](CO)O1.COc1cc(C(=O)O)c(OC)cc1OCc1cccc(OCCCC(=O)O)c1. The van der Waals surface area contributed by atoms with Gasteiger partial charge in [0.25, 0.3) is 0 Å². The number of methoxy groups -OCH3 is 3. The molecule has 40 heavy (non-hydrogen) atoms. The summed E-state index contributed by atoms with van der Waals surface area (Å²) in [5.41, 5.74) is 0.794. The average molecular weight is 569 g/mol. The van der Waals surface area contributed by atoms with Gasteiger partial charge < -0.3 is 54.0 Å². The van der Waals surface area contributed by atoms with Gasteiger partial charge in [-0.25, -0.2) is 4.79 Å². The molecule has 0 radical (unpaired) electrons. The molecule has 4 atom stereocenters. The molecule has 222 valence electrons. The second-order valence-electron chi connectivity index (χ2n) is 8.61. The van der Waals surface area contributed by atoms with E-state index < -0.39 is 36.5 Å². The zero-order valence-corrected chi connectivity index (χ0v) is 22.5. The summed E-state index contributed by atoms with van der Waals surface area (Å²) < 4.78 is 31.6. The van der Waals surface area contributed by atoms with Crippen LogP contribution in [0.25, 0.3) is 0 Å². The maximum Gasteiger partial charge on any atom is 0.339 e. The first-order valence-electron chi connectivity index (χ1n) is 12.3. The van der Waals surface area contributed by atoms with Gasteiger partial charge in [0, 0.05) is 32.1 Å². The van der Waals surface area contributed by atoms with Crippen LogP contribution < -0.4 is 18.9 Å². The minimum atomic E-state index is -1.13. The highest BCUT2D eigenvalue weighted by atomic mass is 16.7. The summed E-state index contributed by atoms with van der Waals surface area (Å²) in [5.74, 6) is -0.592. The lowest BCUT2D eigenvalue weighted by Gasteiger charge is -2.35. The molecule has 0 aromatic heterocycles. The van der Waals surface area contributed by atoms with Crippen LogP contribution in [0.1, 0.15) is 35.2 Å². The number of aliphatic hydroxyl groups is 3. The Morgan fingerprint density at radius 2 is 1.70 bits per heavy atom. The van der Waals surface area contributed by atoms with Crippen LogP contribution in [-0.4, -0.2) is 96.6 Å². The molecule has 13 heteroatoms. The van der Waals surface area contributed by atoms with Gasteiger partial charge in [-0.1, -0.05) is 12.1 Å². The number of aliphatic carboxylic acids is 1. The van der Waals surface area contributed by atoms with Crippen LogP contribution in [0.2, 0.25) is 0 Å². The number of benzene rings is 2. The number of aliphatic hydroxyl groups excluding tert-OH is 3. The maximum atomic E-state index is 11.3. The fourth-order valence-corrected chi connectivity index (χ4v) is 3.67. The van der Waals surface area contributed by atoms with Crippen LogP contribution in [-0.2, 0) is 20.9 Å². The van der Waals surface area contributed by atoms with Crippen molar-refractivity contribution in [3.8, 4) is 23.0 Å². The number of hydrogen-bond acceptors (Lipinski definition) is 11. The third kappa shape index (κ3) is 9.84. The van der Waals surface area contributed by atoms with Crippen LogP contribution in [0.4, 0.5) is 0 Å². The molecule has 0 amide bonds. The van der Waals surface area contributed by atoms with Gasteiger partial charge in [-0.2, -0.15) is 0 Å². The van der Waals surface area contributed by atoms with Crippen molar-refractivity contribution in [3.63, 3.8) is 0 Å². The van der Waals surface area contributed by atoms with Crippen molar-refractivity contribution >= 4 is 11.9 Å². The second-order valence-corrected chi connectivity index (χ2v) is 8.61. The van der Waals surface area contributed by atoms with E-state index in [-0.39, 0.29) is 43.1 Å². The van der Waals surface area contributed by atoms with Crippen molar-refractivity contribution in [3.05, 3.63) is 47.5 Å². The number of hydrogen-bond donors (Lipinski definition) is 5. The lowest BCUT2D eigenvalue weighted by atomic mass is 10.0. The van der Waals surface area contributed by atoms with E-state index >= 15 is 0 Å². The van der Waals surface area contributed by atoms with Gasteiger partial charge in [0.2, 0.25) is 0 Å². The first kappa shape index (κ1) is 32.6. The summed E-state index contributed by atoms with van der Waals surface area (Å²) in [5, 5.41) is 45.1. The molecular formula is C27H36O13. The van der Waals surface area contributed by atoms with E-state index in [1.807, 2.05) is 6.07 Å². The van der Waals surface area contributed by atoms with Gasteiger partial charge in [-0.15, -0.1) is 0 Å². The lowest BCUT2D eigenvalue weighted by Crippen LogP contribution is -2.50. The highest BCUT2D eigenvalue weighted by Crippen LogP contribution is 2.35. The maximum absolute atomic E-state index is 11.3. The molecule has 1 saturated heterocycles. The van der Waals surface area contributed by atoms with E-state index in [1.165, 1.54) is 33.5 Å². The Labute approximate surface area is 231 Å². The van der Waals surface area contributed by atoms with Crippen molar-refractivity contribution in [1.82, 2.24) is 0 Å². The van der Waals surface area contributed by atoms with Crippen molar-refractivity contribution in [1.29, 1.82) is 0 Å². The van der Waals surface area contributed by atoms with Crippen molar-refractivity contribution < 1.29 is 63.5 Å². The molecule has 1 aliphatic heterocycles. The number of rotatable bonds is 13. The fraction of sp³-hybridized carbons (Fsp3) is 0.481. The van der Waals surface area contributed by atoms with Gasteiger partial charge in [-0.3, -0.25) is 4.79 Å². The van der Waals surface area contributed by atoms with Crippen LogP contribution in [0.3, 0.4) is 0 Å². The van der Waals surface area contributed by atoms with Gasteiger partial charge in [-0.05, 0) is 24.1 Å². The van der Waals surface area contributed by atoms with Gasteiger partial charge in [0.05, 0.1) is 33.5 Å². The molecule has 0 saturated carbocycles. The summed E-state index contributed by atoms with van der Waals surface area (Å²) >= 11 is 0. The molecule has 1 heterocycles. The van der Waals surface area contributed by atoms with Crippen molar-refractivity contribution in [2.75, 3.05) is 34.5 Å². The third-order valence-electron chi connectivity index (χ3n) is 5.79. The van der Waals surface area contributed by atoms with Gasteiger partial charge in [0.1, 0.15) is 35.9 Å². The third-order valence-corrected chi connectivity index (χ3v) is 5.79. The number of aromatic carboxylic acids is 1. The van der Waals surface area contributed by atoms with E-state index in [9.17, 15) is 24.9 Å². The highest BCUT2D eigenvalue weighted by Gasteiger charge is 2.36. The Morgan fingerprint density at radius 3 is 2.30 bits per heavy atom. The number of carboxylic acids is 2. The van der Waals surface area contributed by atoms with Crippen LogP contribution in [0.15, 0.2) is 36.4 Å². The zero-order chi connectivity index (χ0) is 29.7. The second kappa shape index (κ2) is 16.5. The summed E-state index contributed by atoms with van der Waals surface area (Å²) in [6.07, 6.45) is -2.50. The van der Waals surface area contributed by atoms with Crippen molar-refractivity contribution in [2.24, 2.45) is 0 Å². The molecule has 2 aromatic carbocycles. The van der Waals surface area contributed by atoms with Gasteiger partial charge >= 0.3 is 11.9 Å². The molecule has 0 bridgehead atoms. The van der Waals surface area contributed by atoms with E-state index in [1.54, 1.807) is 18.2 Å². The fourth-order valence-electron chi connectivity index (χ4n) is 3.67. The first-order valence-corrected chi connectivity index (χ1v) is 12.3. The summed E-state index contributed by atoms with van der Waals surface area (Å²) in [7, 11) is 4.25. The Morgan fingerprint density at radius 1 is 0.975 bits per heavy atom.